The number of nitrogens with one attached hydrogen (secondary N) is 4. The van der Waals surface area contributed by atoms with Crippen molar-refractivity contribution in [1.29, 1.82) is 0 Å². The van der Waals surface area contributed by atoms with Crippen LogP contribution in [0.25, 0.3) is 0 Å². The van der Waals surface area contributed by atoms with Gasteiger partial charge in [0.25, 0.3) is 0 Å². The summed E-state index contributed by atoms with van der Waals surface area (Å²) >= 11 is 6.09. The highest BCUT2D eigenvalue weighted by Gasteiger charge is 2.47. The van der Waals surface area contributed by atoms with E-state index < -0.39 is 137 Å². The van der Waals surface area contributed by atoms with Gasteiger partial charge in [-0.2, -0.15) is 13.2 Å². The van der Waals surface area contributed by atoms with Gasteiger partial charge in [0.15, 0.2) is 0 Å². The zero-order valence-corrected chi connectivity index (χ0v) is 55.9. The Labute approximate surface area is 539 Å². The summed E-state index contributed by atoms with van der Waals surface area (Å²) in [5.41, 5.74) is -0.708. The maximum absolute atomic E-state index is 14.8. The summed E-state index contributed by atoms with van der Waals surface area (Å²) in [5.74, 6) is -6.07. The van der Waals surface area contributed by atoms with Crippen LogP contribution in [0.3, 0.4) is 0 Å². The van der Waals surface area contributed by atoms with E-state index in [1.807, 2.05) is 13.8 Å². The summed E-state index contributed by atoms with van der Waals surface area (Å²) in [7, 11) is 7.39. The van der Waals surface area contributed by atoms with Crippen molar-refractivity contribution in [2.75, 3.05) is 61.4 Å². The highest BCUT2D eigenvalue weighted by molar-refractivity contribution is 6.31. The first-order chi connectivity index (χ1) is 42.8. The van der Waals surface area contributed by atoms with Crippen LogP contribution in [0.1, 0.15) is 168 Å². The van der Waals surface area contributed by atoms with Crippen molar-refractivity contribution in [3.63, 3.8) is 0 Å². The van der Waals surface area contributed by atoms with E-state index in [9.17, 15) is 65.9 Å². The van der Waals surface area contributed by atoms with Crippen LogP contribution in [0.2, 0.25) is 5.02 Å². The summed E-state index contributed by atoms with van der Waals surface area (Å²) < 4.78 is 41.1. The summed E-state index contributed by atoms with van der Waals surface area (Å²) in [4.78, 5) is 167. The van der Waals surface area contributed by atoms with E-state index in [0.717, 1.165) is 57.1 Å². The van der Waals surface area contributed by atoms with Gasteiger partial charge in [-0.25, -0.2) is 0 Å². The molecule has 22 nitrogen and oxygen atoms in total. The molecule has 1 unspecified atom stereocenters. The van der Waals surface area contributed by atoms with E-state index in [0.29, 0.717) is 31.2 Å². The number of carbonyl (C=O) groups excluding carboxylic acids is 11. The molecule has 91 heavy (non-hydrogen) atoms. The van der Waals surface area contributed by atoms with Crippen molar-refractivity contribution in [3.05, 3.63) is 34.3 Å². The molecule has 5 fully saturated rings. The second-order valence-corrected chi connectivity index (χ2v) is 27.4. The minimum absolute atomic E-state index is 0.0248. The van der Waals surface area contributed by atoms with Crippen LogP contribution in [-0.2, 0) is 65.3 Å². The molecule has 3 heterocycles. The Kier molecular flexibility index (Phi) is 26.5. The zero-order chi connectivity index (χ0) is 67.3. The minimum atomic E-state index is -4.72. The van der Waals surface area contributed by atoms with Crippen molar-refractivity contribution in [1.82, 2.24) is 55.6 Å². The van der Waals surface area contributed by atoms with Crippen LogP contribution in [-0.4, -0.2) is 215 Å². The highest BCUT2D eigenvalue weighted by Crippen LogP contribution is 2.37. The fraction of sp³-hybridized carbons (Fsp3) is 0.738. The molecule has 1 aromatic carbocycles. The predicted octanol–water partition coefficient (Wildman–Crippen LogP) is 5.31. The third kappa shape index (κ3) is 19.8. The maximum atomic E-state index is 14.8. The van der Waals surface area contributed by atoms with E-state index in [2.05, 4.69) is 21.3 Å². The second kappa shape index (κ2) is 32.8. The molecule has 5 aliphatic rings. The average molecular weight is 1300 g/mol. The van der Waals surface area contributed by atoms with Crippen molar-refractivity contribution in [2.45, 2.75) is 224 Å². The van der Waals surface area contributed by atoms with Crippen LogP contribution in [0, 0.1) is 23.7 Å². The molecule has 2 saturated carbocycles. The Balaban J connectivity index is 1.29. The average Bonchev–Trinajstić information content (AvgIpc) is 1.85. The SMILES string of the molecule is CC(C)CC1C(=O)N[C@@H](CC2CC2)C(=O)N(C)[C@@H](C)C(=O)N2CC[C@H]2C(=O)N(C)[C@@H](CC2CCCCC2)C(=O)N(C)CC(=O)N[C@@H](CCc2ccc(C(F)(F)F)c(Cl)c2)C(=O)N2CCC[C@H]2C(=O)NCCCCC(=O)N(C)[C@@H](C(C)C)C(=O)N[C@H](C)CC(=O)N1C. The van der Waals surface area contributed by atoms with Gasteiger partial charge in [0, 0.05) is 73.8 Å². The molecule has 0 spiro atoms. The Hall–Kier alpha value is -6.53. The Bertz CT molecular complexity index is 2800. The molecule has 1 aromatic rings. The Morgan fingerprint density at radius 1 is 0.593 bits per heavy atom. The third-order valence-electron chi connectivity index (χ3n) is 19.0. The van der Waals surface area contributed by atoms with Crippen molar-refractivity contribution in [2.24, 2.45) is 23.7 Å². The fourth-order valence-electron chi connectivity index (χ4n) is 13.1. The Morgan fingerprint density at radius 3 is 1.86 bits per heavy atom. The first kappa shape index (κ1) is 73.5. The van der Waals surface area contributed by atoms with E-state index in [1.54, 1.807) is 27.7 Å². The number of halogens is 4. The van der Waals surface area contributed by atoms with Crippen molar-refractivity contribution >= 4 is 76.6 Å². The number of benzene rings is 1. The lowest BCUT2D eigenvalue weighted by atomic mass is 9.84. The summed E-state index contributed by atoms with van der Waals surface area (Å²) in [6.45, 7) is 10.5. The number of hydrogen-bond acceptors (Lipinski definition) is 11. The smallest absolute Gasteiger partial charge is 0.354 e. The van der Waals surface area contributed by atoms with Gasteiger partial charge >= 0.3 is 6.18 Å². The van der Waals surface area contributed by atoms with Crippen molar-refractivity contribution in [3.8, 4) is 0 Å². The predicted molar refractivity (Wildman–Crippen MR) is 335 cm³/mol. The third-order valence-corrected chi connectivity index (χ3v) is 19.3. The molecule has 26 heteroatoms. The number of hydrogen-bond donors (Lipinski definition) is 4. The van der Waals surface area contributed by atoms with Gasteiger partial charge in [-0.1, -0.05) is 90.3 Å². The molecule has 0 bridgehead atoms. The number of amides is 11. The second-order valence-electron chi connectivity index (χ2n) is 27.0. The fourth-order valence-corrected chi connectivity index (χ4v) is 13.4. The number of rotatable bonds is 10. The maximum Gasteiger partial charge on any atom is 0.417 e. The van der Waals surface area contributed by atoms with Gasteiger partial charge in [0.05, 0.1) is 17.1 Å². The normalized spacial score (nSPS) is 27.8. The van der Waals surface area contributed by atoms with Gasteiger partial charge in [0.1, 0.15) is 48.3 Å². The molecule has 9 atom stereocenters. The van der Waals surface area contributed by atoms with Gasteiger partial charge in [-0.15, -0.1) is 0 Å². The molecular weight excluding hydrogens is 1200 g/mol. The molecule has 0 aromatic heterocycles. The number of alkyl halides is 3. The van der Waals surface area contributed by atoms with E-state index in [1.165, 1.54) is 75.6 Å². The molecule has 11 amide bonds. The van der Waals surface area contributed by atoms with Gasteiger partial charge < -0.3 is 55.6 Å². The zero-order valence-electron chi connectivity index (χ0n) is 55.1. The molecule has 6 rings (SSSR count). The van der Waals surface area contributed by atoms with Gasteiger partial charge in [-0.05, 0) is 119 Å². The number of likely N-dealkylation sites (N-methyl/N-ethyl adjacent to an activating group) is 5. The van der Waals surface area contributed by atoms with Crippen LogP contribution >= 0.6 is 11.6 Å². The van der Waals surface area contributed by atoms with Gasteiger partial charge in [0.2, 0.25) is 65.0 Å². The molecule has 0 radical (unpaired) electrons. The first-order valence-corrected chi connectivity index (χ1v) is 33.1. The lowest BCUT2D eigenvalue weighted by Gasteiger charge is -2.45. The van der Waals surface area contributed by atoms with Crippen LogP contribution in [0.4, 0.5) is 13.2 Å². The van der Waals surface area contributed by atoms with Crippen molar-refractivity contribution < 1.29 is 65.9 Å². The number of nitrogens with zero attached hydrogens (tertiary/aromatic N) is 7. The van der Waals surface area contributed by atoms with E-state index in [-0.39, 0.29) is 101 Å². The topological polar surface area (TPSA) is 259 Å². The van der Waals surface area contributed by atoms with E-state index in [4.69, 9.17) is 11.6 Å². The lowest BCUT2D eigenvalue weighted by molar-refractivity contribution is -0.160. The molecule has 4 N–H and O–H groups in total. The molecule has 3 saturated heterocycles. The van der Waals surface area contributed by atoms with E-state index >= 15 is 0 Å². The lowest BCUT2D eigenvalue weighted by Crippen LogP contribution is -2.64. The van der Waals surface area contributed by atoms with Gasteiger partial charge in [-0.3, -0.25) is 52.7 Å². The molecule has 2 aliphatic carbocycles. The highest BCUT2D eigenvalue weighted by atomic mass is 35.5. The largest absolute Gasteiger partial charge is 0.417 e. The minimum Gasteiger partial charge on any atom is -0.354 e. The number of aryl methyl sites for hydroxylation is 1. The van der Waals surface area contributed by atoms with Crippen LogP contribution in [0.15, 0.2) is 18.2 Å². The summed E-state index contributed by atoms with van der Waals surface area (Å²) in [6, 6.07) is -5.97. The number of carbonyl (C=O) groups is 11. The first-order valence-electron chi connectivity index (χ1n) is 32.7. The number of fused-ring (bicyclic) bond motifs is 2. The molecule has 508 valence electrons. The van der Waals surface area contributed by atoms with Crippen LogP contribution < -0.4 is 21.3 Å². The van der Waals surface area contributed by atoms with Crippen LogP contribution in [0.5, 0.6) is 0 Å². The molecular formula is C65H99ClF3N11O11. The quantitative estimate of drug-likeness (QED) is 0.234. The standard InChI is InChI=1S/C65H99ClF3N11O11/c1-38(2)32-51-58(85)73-48(35-44-22-23-44)61(88)75(8)41(6)60(87)80-31-28-50(80)64(91)77(10)52(36-42-18-13-12-14-19-42)63(90)74(7)37-53(81)72-47(27-25-43-24-26-45(46(66)34-43)65(67,68)69)62(89)79-30-17-20-49(79)57(84)70-29-16-15-21-54(82)78(11)56(39(3)4)59(86)71-40(5)33-55(83)76(51)9/h24,26,34,38-42,44,47-52,56H,12-23,25,27-33,35-37H2,1-11H3,(H,70,84)(H,71,86)(H,72,81)(H,73,85)/t40-,41+,47+,48+,49+,50+,51?,52+,56+/m1/s1. The summed E-state index contributed by atoms with van der Waals surface area (Å²) in [6.07, 6.45) is 3.54. The monoisotopic (exact) mass is 1300 g/mol. The molecule has 3 aliphatic heterocycles. The summed E-state index contributed by atoms with van der Waals surface area (Å²) in [5, 5.41) is 10.9. The Morgan fingerprint density at radius 2 is 1.25 bits per heavy atom.